The lowest BCUT2D eigenvalue weighted by Crippen LogP contribution is -2.31. The van der Waals surface area contributed by atoms with Crippen LogP contribution in [0.3, 0.4) is 0 Å². The molecule has 0 fully saturated rings. The number of carbonyl (C=O) groups excluding carboxylic acids is 1. The molecule has 0 bridgehead atoms. The van der Waals surface area contributed by atoms with Gasteiger partial charge in [-0.25, -0.2) is 0 Å². The Balaban J connectivity index is 2.06. The third-order valence-corrected chi connectivity index (χ3v) is 1.99. The van der Waals surface area contributed by atoms with Gasteiger partial charge in [-0.2, -0.15) is 0 Å². The minimum atomic E-state index is 0.611. The summed E-state index contributed by atoms with van der Waals surface area (Å²) in [6.07, 6.45) is 9.34. The molecule has 1 aliphatic rings. The molecule has 1 rings (SSSR count). The van der Waals surface area contributed by atoms with Crippen molar-refractivity contribution in [2.45, 2.75) is 31.7 Å². The number of carbonyl (C=O) groups is 1. The quantitative estimate of drug-likeness (QED) is 0.374. The molecule has 0 saturated carbocycles. The Morgan fingerprint density at radius 3 is 3.09 bits per heavy atom. The first-order valence-corrected chi connectivity index (χ1v) is 4.25. The van der Waals surface area contributed by atoms with Gasteiger partial charge < -0.3 is 10.1 Å². The molecular weight excluding hydrogens is 138 g/mol. The van der Waals surface area contributed by atoms with Gasteiger partial charge in [-0.15, -0.1) is 0 Å². The molecule has 1 atom stereocenters. The van der Waals surface area contributed by atoms with Crippen LogP contribution >= 0.6 is 0 Å². The molecule has 0 saturated heterocycles. The molecule has 2 nitrogen and oxygen atoms in total. The van der Waals surface area contributed by atoms with Crippen molar-refractivity contribution in [3.63, 3.8) is 0 Å². The molecule has 1 N–H and O–H groups in total. The predicted molar refractivity (Wildman–Crippen MR) is 45.5 cm³/mol. The smallest absolute Gasteiger partial charge is 0.119 e. The largest absolute Gasteiger partial charge is 0.310 e. The summed E-state index contributed by atoms with van der Waals surface area (Å²) in [7, 11) is 0. The lowest BCUT2D eigenvalue weighted by Gasteiger charge is -2.18. The van der Waals surface area contributed by atoms with E-state index in [1.54, 1.807) is 0 Å². The molecule has 1 heterocycles. The average molecular weight is 153 g/mol. The number of unbranched alkanes of at least 4 members (excludes halogenated alkanes) is 1. The highest BCUT2D eigenvalue weighted by Gasteiger charge is 2.06. The maximum Gasteiger partial charge on any atom is 0.119 e. The van der Waals surface area contributed by atoms with E-state index in [2.05, 4.69) is 17.5 Å². The summed E-state index contributed by atoms with van der Waals surface area (Å²) in [4.78, 5) is 10.0. The van der Waals surface area contributed by atoms with Crippen LogP contribution in [0.2, 0.25) is 0 Å². The summed E-state index contributed by atoms with van der Waals surface area (Å²) in [6.45, 7) is 0.992. The van der Waals surface area contributed by atoms with E-state index in [9.17, 15) is 4.79 Å². The lowest BCUT2D eigenvalue weighted by atomic mass is 10.0. The topological polar surface area (TPSA) is 29.1 Å². The molecule has 0 aromatic rings. The second kappa shape index (κ2) is 5.08. The van der Waals surface area contributed by atoms with E-state index in [4.69, 9.17) is 0 Å². The second-order valence-electron chi connectivity index (χ2n) is 2.91. The standard InChI is InChI=1S/C9H15NO/c11-8-4-2-6-9-5-1-3-7-10-9/h1,3,8-10H,2,4-7H2. The van der Waals surface area contributed by atoms with Gasteiger partial charge in [0.15, 0.2) is 0 Å². The Morgan fingerprint density at radius 2 is 2.45 bits per heavy atom. The zero-order valence-corrected chi connectivity index (χ0v) is 6.75. The van der Waals surface area contributed by atoms with Crippen molar-refractivity contribution in [2.75, 3.05) is 6.54 Å². The summed E-state index contributed by atoms with van der Waals surface area (Å²) in [5.41, 5.74) is 0. The maximum atomic E-state index is 10.0. The van der Waals surface area contributed by atoms with Crippen molar-refractivity contribution in [3.05, 3.63) is 12.2 Å². The highest BCUT2D eigenvalue weighted by atomic mass is 16.1. The zero-order valence-electron chi connectivity index (χ0n) is 6.75. The Kier molecular flexibility index (Phi) is 3.91. The summed E-state index contributed by atoms with van der Waals surface area (Å²) >= 11 is 0. The monoisotopic (exact) mass is 153 g/mol. The first kappa shape index (κ1) is 8.47. The fourth-order valence-electron chi connectivity index (χ4n) is 1.33. The van der Waals surface area contributed by atoms with Gasteiger partial charge in [-0.05, 0) is 19.3 Å². The van der Waals surface area contributed by atoms with Crippen molar-refractivity contribution in [1.29, 1.82) is 0 Å². The van der Waals surface area contributed by atoms with Crippen molar-refractivity contribution >= 4 is 6.29 Å². The highest BCUT2D eigenvalue weighted by molar-refractivity contribution is 5.48. The average Bonchev–Trinajstić information content (AvgIpc) is 2.07. The number of hydrogen-bond acceptors (Lipinski definition) is 2. The molecular formula is C9H15NO. The third-order valence-electron chi connectivity index (χ3n) is 1.99. The van der Waals surface area contributed by atoms with Crippen LogP contribution in [0.25, 0.3) is 0 Å². The van der Waals surface area contributed by atoms with Crippen LogP contribution in [-0.4, -0.2) is 18.9 Å². The molecule has 0 aromatic carbocycles. The van der Waals surface area contributed by atoms with Crippen LogP contribution in [0.1, 0.15) is 25.7 Å². The van der Waals surface area contributed by atoms with Crippen LogP contribution in [0.15, 0.2) is 12.2 Å². The van der Waals surface area contributed by atoms with Gasteiger partial charge in [-0.3, -0.25) is 0 Å². The van der Waals surface area contributed by atoms with Crippen molar-refractivity contribution in [3.8, 4) is 0 Å². The molecule has 1 unspecified atom stereocenters. The fourth-order valence-corrected chi connectivity index (χ4v) is 1.33. The van der Waals surface area contributed by atoms with Crippen molar-refractivity contribution in [1.82, 2.24) is 5.32 Å². The van der Waals surface area contributed by atoms with Gasteiger partial charge in [0.2, 0.25) is 0 Å². The first-order valence-electron chi connectivity index (χ1n) is 4.25. The Bertz CT molecular complexity index is 142. The molecule has 62 valence electrons. The molecule has 2 heteroatoms. The minimum Gasteiger partial charge on any atom is -0.310 e. The fraction of sp³-hybridized carbons (Fsp3) is 0.667. The molecule has 0 aromatic heterocycles. The zero-order chi connectivity index (χ0) is 7.94. The SMILES string of the molecule is O=CCCCC1CC=CCN1. The van der Waals surface area contributed by atoms with Gasteiger partial charge in [0.25, 0.3) is 0 Å². The van der Waals surface area contributed by atoms with Crippen molar-refractivity contribution in [2.24, 2.45) is 0 Å². The van der Waals surface area contributed by atoms with E-state index in [1.165, 1.54) is 0 Å². The van der Waals surface area contributed by atoms with Gasteiger partial charge in [0, 0.05) is 19.0 Å². The molecule has 0 aliphatic carbocycles. The summed E-state index contributed by atoms with van der Waals surface area (Å²) in [6, 6.07) is 0.611. The lowest BCUT2D eigenvalue weighted by molar-refractivity contribution is -0.107. The number of hydrogen-bond donors (Lipinski definition) is 1. The van der Waals surface area contributed by atoms with Crippen LogP contribution in [0.4, 0.5) is 0 Å². The predicted octanol–water partition coefficient (Wildman–Crippen LogP) is 1.27. The second-order valence-corrected chi connectivity index (χ2v) is 2.91. The summed E-state index contributed by atoms with van der Waals surface area (Å²) < 4.78 is 0. The Labute approximate surface area is 67.7 Å². The number of aldehydes is 1. The Hall–Kier alpha value is -0.630. The van der Waals surface area contributed by atoms with E-state index in [1.807, 2.05) is 0 Å². The van der Waals surface area contributed by atoms with Crippen LogP contribution in [0.5, 0.6) is 0 Å². The minimum absolute atomic E-state index is 0.611. The van der Waals surface area contributed by atoms with Gasteiger partial charge in [-0.1, -0.05) is 12.2 Å². The van der Waals surface area contributed by atoms with E-state index < -0.39 is 0 Å². The van der Waals surface area contributed by atoms with E-state index in [-0.39, 0.29) is 0 Å². The maximum absolute atomic E-state index is 10.0. The molecule has 1 aliphatic heterocycles. The summed E-state index contributed by atoms with van der Waals surface area (Å²) in [5.74, 6) is 0. The molecule has 0 spiro atoms. The highest BCUT2D eigenvalue weighted by Crippen LogP contribution is 2.07. The molecule has 0 amide bonds. The van der Waals surface area contributed by atoms with Gasteiger partial charge in [0.1, 0.15) is 6.29 Å². The van der Waals surface area contributed by atoms with Crippen LogP contribution in [-0.2, 0) is 4.79 Å². The number of rotatable bonds is 4. The van der Waals surface area contributed by atoms with E-state index in [0.29, 0.717) is 12.5 Å². The molecule has 0 radical (unpaired) electrons. The van der Waals surface area contributed by atoms with Crippen LogP contribution < -0.4 is 5.32 Å². The third kappa shape index (κ3) is 3.33. The summed E-state index contributed by atoms with van der Waals surface area (Å²) in [5, 5.41) is 3.38. The normalized spacial score (nSPS) is 23.5. The number of nitrogens with one attached hydrogen (secondary N) is 1. The van der Waals surface area contributed by atoms with Gasteiger partial charge in [0.05, 0.1) is 0 Å². The van der Waals surface area contributed by atoms with Gasteiger partial charge >= 0.3 is 0 Å². The van der Waals surface area contributed by atoms with E-state index >= 15 is 0 Å². The molecule has 11 heavy (non-hydrogen) atoms. The van der Waals surface area contributed by atoms with Crippen molar-refractivity contribution < 1.29 is 4.79 Å². The first-order chi connectivity index (χ1) is 5.43. The van der Waals surface area contributed by atoms with Crippen LogP contribution in [0, 0.1) is 0 Å². The Morgan fingerprint density at radius 1 is 1.55 bits per heavy atom. The van der Waals surface area contributed by atoms with E-state index in [0.717, 1.165) is 32.1 Å².